The quantitative estimate of drug-likeness (QED) is 0.188. The number of ether oxygens (including phenoxy) is 1. The number of nitrogens with zero attached hydrogens (tertiary/aromatic N) is 2. The standard InChI is InChI=1S/C30H37ClN2O4S/c1-21-6-3-4-7-27(21)38-17-5-14-33-15-12-30(13-16-33,19-28(35)36)11-10-26(34)29-23-18-22(37-2)8-9-25(23)32-20-24(29)31/h3-4,6-9,18,20,26,34H,5,10-17,19H2,1-2H3,(H,35,36)/t26-/m1/s1. The molecule has 1 aliphatic heterocycles. The first kappa shape index (κ1) is 28.7. The van der Waals surface area contributed by atoms with E-state index in [0.29, 0.717) is 29.2 Å². The van der Waals surface area contributed by atoms with Gasteiger partial charge >= 0.3 is 5.97 Å². The highest BCUT2D eigenvalue weighted by molar-refractivity contribution is 7.99. The van der Waals surface area contributed by atoms with Crippen molar-refractivity contribution in [3.8, 4) is 5.75 Å². The number of aryl methyl sites for hydroxylation is 1. The highest BCUT2D eigenvalue weighted by Gasteiger charge is 2.37. The van der Waals surface area contributed by atoms with E-state index in [9.17, 15) is 15.0 Å². The molecule has 1 fully saturated rings. The number of thioether (sulfide) groups is 1. The molecule has 2 N–H and O–H groups in total. The second kappa shape index (κ2) is 13.2. The molecule has 0 spiro atoms. The lowest BCUT2D eigenvalue weighted by atomic mass is 9.71. The third-order valence-corrected chi connectivity index (χ3v) is 9.33. The van der Waals surface area contributed by atoms with Gasteiger partial charge in [-0.3, -0.25) is 9.78 Å². The predicted molar refractivity (Wildman–Crippen MR) is 154 cm³/mol. The molecule has 1 aliphatic rings. The maximum atomic E-state index is 11.8. The van der Waals surface area contributed by atoms with Crippen molar-refractivity contribution in [3.63, 3.8) is 0 Å². The fourth-order valence-electron chi connectivity index (χ4n) is 5.50. The van der Waals surface area contributed by atoms with Crippen LogP contribution in [0.4, 0.5) is 0 Å². The minimum Gasteiger partial charge on any atom is -0.497 e. The zero-order valence-corrected chi connectivity index (χ0v) is 23.7. The molecule has 0 saturated carbocycles. The Hall–Kier alpha value is -2.32. The summed E-state index contributed by atoms with van der Waals surface area (Å²) in [6.07, 6.45) is 4.67. The monoisotopic (exact) mass is 556 g/mol. The van der Waals surface area contributed by atoms with Gasteiger partial charge < -0.3 is 19.8 Å². The number of aliphatic carboxylic acids is 1. The van der Waals surface area contributed by atoms with Gasteiger partial charge in [0, 0.05) is 22.0 Å². The highest BCUT2D eigenvalue weighted by Crippen LogP contribution is 2.43. The van der Waals surface area contributed by atoms with Gasteiger partial charge in [-0.05, 0) is 99.7 Å². The third-order valence-electron chi connectivity index (χ3n) is 7.76. The first-order valence-corrected chi connectivity index (χ1v) is 14.6. The number of hydrogen-bond acceptors (Lipinski definition) is 6. The molecule has 1 atom stereocenters. The molecule has 38 heavy (non-hydrogen) atoms. The molecule has 1 aromatic heterocycles. The number of piperidine rings is 1. The number of hydrogen-bond donors (Lipinski definition) is 2. The first-order valence-electron chi connectivity index (χ1n) is 13.2. The van der Waals surface area contributed by atoms with Crippen LogP contribution in [0.5, 0.6) is 5.75 Å². The summed E-state index contributed by atoms with van der Waals surface area (Å²) in [5, 5.41) is 22.1. The number of aliphatic hydroxyl groups excluding tert-OH is 1. The summed E-state index contributed by atoms with van der Waals surface area (Å²) in [7, 11) is 1.60. The van der Waals surface area contributed by atoms with Crippen molar-refractivity contribution in [1.82, 2.24) is 9.88 Å². The van der Waals surface area contributed by atoms with Crippen LogP contribution in [-0.2, 0) is 4.79 Å². The van der Waals surface area contributed by atoms with Gasteiger partial charge in [-0.1, -0.05) is 29.8 Å². The van der Waals surface area contributed by atoms with Crippen LogP contribution in [0.25, 0.3) is 10.9 Å². The van der Waals surface area contributed by atoms with E-state index in [4.69, 9.17) is 16.3 Å². The minimum atomic E-state index is -0.817. The van der Waals surface area contributed by atoms with Gasteiger partial charge in [0.2, 0.25) is 0 Å². The molecule has 3 aromatic rings. The number of halogens is 1. The second-order valence-electron chi connectivity index (χ2n) is 10.3. The van der Waals surface area contributed by atoms with E-state index in [-0.39, 0.29) is 11.8 Å². The maximum absolute atomic E-state index is 11.8. The van der Waals surface area contributed by atoms with Crippen LogP contribution in [0, 0.1) is 12.3 Å². The van der Waals surface area contributed by atoms with Crippen LogP contribution in [0.1, 0.15) is 55.8 Å². The van der Waals surface area contributed by atoms with Crippen molar-refractivity contribution < 1.29 is 19.7 Å². The predicted octanol–water partition coefficient (Wildman–Crippen LogP) is 6.76. The van der Waals surface area contributed by atoms with E-state index < -0.39 is 12.1 Å². The Morgan fingerprint density at radius 1 is 1.24 bits per heavy atom. The molecule has 8 heteroatoms. The SMILES string of the molecule is COc1ccc2ncc(Cl)c([C@H](O)CCC3(CC(=O)O)CCN(CCCSc4ccccc4C)CC3)c2c1. The van der Waals surface area contributed by atoms with E-state index in [1.54, 1.807) is 13.3 Å². The number of aliphatic hydroxyl groups is 1. The zero-order chi connectivity index (χ0) is 27.1. The molecule has 1 saturated heterocycles. The minimum absolute atomic E-state index is 0.120. The largest absolute Gasteiger partial charge is 0.497 e. The summed E-state index contributed by atoms with van der Waals surface area (Å²) < 4.78 is 5.36. The van der Waals surface area contributed by atoms with E-state index in [0.717, 1.165) is 55.6 Å². The van der Waals surface area contributed by atoms with Crippen molar-refractivity contribution in [1.29, 1.82) is 0 Å². The summed E-state index contributed by atoms with van der Waals surface area (Å²) in [4.78, 5) is 20.0. The fourth-order valence-corrected chi connectivity index (χ4v) is 6.74. The number of rotatable bonds is 12. The second-order valence-corrected chi connectivity index (χ2v) is 11.9. The van der Waals surface area contributed by atoms with Crippen molar-refractivity contribution in [2.75, 3.05) is 32.5 Å². The average molecular weight is 557 g/mol. The van der Waals surface area contributed by atoms with Crippen LogP contribution >= 0.6 is 23.4 Å². The number of aromatic nitrogens is 1. The molecule has 204 valence electrons. The molecule has 2 heterocycles. The van der Waals surface area contributed by atoms with Crippen molar-refractivity contribution in [3.05, 3.63) is 64.8 Å². The molecule has 0 aliphatic carbocycles. The smallest absolute Gasteiger partial charge is 0.303 e. The summed E-state index contributed by atoms with van der Waals surface area (Å²) >= 11 is 8.40. The number of benzene rings is 2. The summed E-state index contributed by atoms with van der Waals surface area (Å²) in [5.41, 5.74) is 2.35. The number of pyridine rings is 1. The van der Waals surface area contributed by atoms with E-state index in [1.807, 2.05) is 30.0 Å². The lowest BCUT2D eigenvalue weighted by Gasteiger charge is -2.41. The molecule has 0 radical (unpaired) electrons. The van der Waals surface area contributed by atoms with Gasteiger partial charge in [0.05, 0.1) is 30.2 Å². The topological polar surface area (TPSA) is 82.9 Å². The molecule has 0 amide bonds. The number of likely N-dealkylation sites (tertiary alicyclic amines) is 1. The first-order chi connectivity index (χ1) is 18.3. The lowest BCUT2D eigenvalue weighted by Crippen LogP contribution is -2.41. The van der Waals surface area contributed by atoms with Crippen LogP contribution in [-0.4, -0.2) is 58.6 Å². The summed E-state index contributed by atoms with van der Waals surface area (Å²) in [6.45, 7) is 4.93. The number of carboxylic acids is 1. The molecular formula is C30H37ClN2O4S. The lowest BCUT2D eigenvalue weighted by molar-refractivity contribution is -0.141. The number of methoxy groups -OCH3 is 1. The van der Waals surface area contributed by atoms with Crippen LogP contribution in [0.15, 0.2) is 53.6 Å². The Kier molecular flexibility index (Phi) is 9.93. The molecule has 4 rings (SSSR count). The van der Waals surface area contributed by atoms with Gasteiger partial charge in [-0.2, -0.15) is 0 Å². The third kappa shape index (κ3) is 7.20. The van der Waals surface area contributed by atoms with Gasteiger partial charge in [0.25, 0.3) is 0 Å². The highest BCUT2D eigenvalue weighted by atomic mass is 35.5. The van der Waals surface area contributed by atoms with Gasteiger partial charge in [-0.15, -0.1) is 11.8 Å². The number of carboxylic acid groups (broad SMARTS) is 1. The van der Waals surface area contributed by atoms with Crippen LogP contribution in [0.2, 0.25) is 5.02 Å². The van der Waals surface area contributed by atoms with Gasteiger partial charge in [0.15, 0.2) is 0 Å². The number of fused-ring (bicyclic) bond motifs is 1. The molecular weight excluding hydrogens is 520 g/mol. The van der Waals surface area contributed by atoms with Crippen LogP contribution < -0.4 is 4.74 Å². The summed E-state index contributed by atoms with van der Waals surface area (Å²) in [5.74, 6) is 0.959. The fraction of sp³-hybridized carbons (Fsp3) is 0.467. The zero-order valence-electron chi connectivity index (χ0n) is 22.2. The van der Waals surface area contributed by atoms with Crippen molar-refractivity contribution >= 4 is 40.2 Å². The number of carbonyl (C=O) groups is 1. The summed E-state index contributed by atoms with van der Waals surface area (Å²) in [6, 6.07) is 14.0. The van der Waals surface area contributed by atoms with Gasteiger partial charge in [-0.25, -0.2) is 0 Å². The van der Waals surface area contributed by atoms with Gasteiger partial charge in [0.1, 0.15) is 5.75 Å². The maximum Gasteiger partial charge on any atom is 0.303 e. The van der Waals surface area contributed by atoms with Crippen molar-refractivity contribution in [2.24, 2.45) is 5.41 Å². The Morgan fingerprint density at radius 3 is 2.71 bits per heavy atom. The van der Waals surface area contributed by atoms with E-state index in [2.05, 4.69) is 41.1 Å². The average Bonchev–Trinajstić information content (AvgIpc) is 2.91. The molecule has 0 bridgehead atoms. The Labute approximate surface area is 234 Å². The van der Waals surface area contributed by atoms with E-state index >= 15 is 0 Å². The Bertz CT molecular complexity index is 1250. The van der Waals surface area contributed by atoms with E-state index in [1.165, 1.54) is 10.5 Å². The van der Waals surface area contributed by atoms with Crippen LogP contribution in [0.3, 0.4) is 0 Å². The molecule has 6 nitrogen and oxygen atoms in total. The molecule has 2 aromatic carbocycles. The van der Waals surface area contributed by atoms with Crippen molar-refractivity contribution in [2.45, 2.75) is 56.4 Å². The normalized spacial score (nSPS) is 16.4. The Balaban J connectivity index is 1.35. The molecule has 0 unspecified atom stereocenters. The Morgan fingerprint density at radius 2 is 2.00 bits per heavy atom.